The fourth-order valence-electron chi connectivity index (χ4n) is 3.88. The van der Waals surface area contributed by atoms with Crippen molar-refractivity contribution in [2.45, 2.75) is 32.9 Å². The van der Waals surface area contributed by atoms with Gasteiger partial charge in [0, 0.05) is 39.6 Å². The Morgan fingerprint density at radius 3 is 2.42 bits per heavy atom. The average Bonchev–Trinajstić information content (AvgIpc) is 2.82. The highest BCUT2D eigenvalue weighted by molar-refractivity contribution is 14.0. The van der Waals surface area contributed by atoms with E-state index in [2.05, 4.69) is 23.2 Å². The summed E-state index contributed by atoms with van der Waals surface area (Å²) in [6.07, 6.45) is 1.28. The zero-order valence-electron chi connectivity index (χ0n) is 20.0. The van der Waals surface area contributed by atoms with Crippen molar-refractivity contribution in [3.63, 3.8) is 0 Å². The van der Waals surface area contributed by atoms with E-state index in [1.54, 1.807) is 19.1 Å². The van der Waals surface area contributed by atoms with Gasteiger partial charge in [-0.25, -0.2) is 0 Å². The Balaban J connectivity index is 0.00000385. The summed E-state index contributed by atoms with van der Waals surface area (Å²) in [6, 6.07) is 14.1. The quantitative estimate of drug-likeness (QED) is 0.300. The third-order valence-corrected chi connectivity index (χ3v) is 5.63. The van der Waals surface area contributed by atoms with Crippen LogP contribution in [0.3, 0.4) is 0 Å². The minimum absolute atomic E-state index is 0. The SMILES string of the molecule is CCNC(=NCCC(=O)N(C)Cc1ccccc1)N1CCc2cc(OC)c(OC)cc2C1.I. The van der Waals surface area contributed by atoms with Crippen LogP contribution in [0.2, 0.25) is 0 Å². The summed E-state index contributed by atoms with van der Waals surface area (Å²) >= 11 is 0. The maximum atomic E-state index is 12.6. The van der Waals surface area contributed by atoms with Gasteiger partial charge in [0.05, 0.1) is 20.8 Å². The Morgan fingerprint density at radius 2 is 1.79 bits per heavy atom. The number of fused-ring (bicyclic) bond motifs is 1. The molecule has 0 spiro atoms. The highest BCUT2D eigenvalue weighted by atomic mass is 127. The van der Waals surface area contributed by atoms with Crippen LogP contribution in [0.1, 0.15) is 30.0 Å². The van der Waals surface area contributed by atoms with Crippen molar-refractivity contribution in [3.05, 3.63) is 59.2 Å². The smallest absolute Gasteiger partial charge is 0.224 e. The minimum atomic E-state index is 0. The van der Waals surface area contributed by atoms with Crippen LogP contribution in [0.5, 0.6) is 11.5 Å². The van der Waals surface area contributed by atoms with E-state index in [1.807, 2.05) is 43.4 Å². The lowest BCUT2D eigenvalue weighted by Crippen LogP contribution is -2.44. The molecule has 0 atom stereocenters. The Bertz CT molecular complexity index is 937. The molecule has 7 nitrogen and oxygen atoms in total. The van der Waals surface area contributed by atoms with Crippen LogP contribution in [0.25, 0.3) is 0 Å². The monoisotopic (exact) mass is 566 g/mol. The molecule has 1 aliphatic rings. The summed E-state index contributed by atoms with van der Waals surface area (Å²) in [6.45, 7) is 5.49. The summed E-state index contributed by atoms with van der Waals surface area (Å²) in [5.74, 6) is 2.43. The Labute approximate surface area is 214 Å². The Hall–Kier alpha value is -2.49. The van der Waals surface area contributed by atoms with Crippen LogP contribution in [-0.4, -0.2) is 62.6 Å². The third-order valence-electron chi connectivity index (χ3n) is 5.63. The number of methoxy groups -OCH3 is 2. The molecule has 1 amide bonds. The third kappa shape index (κ3) is 7.25. The number of nitrogens with one attached hydrogen (secondary N) is 1. The lowest BCUT2D eigenvalue weighted by Gasteiger charge is -2.32. The molecule has 0 aromatic heterocycles. The number of rotatable bonds is 8. The molecule has 180 valence electrons. The molecular formula is C25H35IN4O3. The Kier molecular flexibility index (Phi) is 10.8. The van der Waals surface area contributed by atoms with Crippen LogP contribution in [0, 0.1) is 0 Å². The van der Waals surface area contributed by atoms with Gasteiger partial charge in [0.25, 0.3) is 0 Å². The number of hydrogen-bond donors (Lipinski definition) is 1. The van der Waals surface area contributed by atoms with Gasteiger partial charge in [-0.1, -0.05) is 30.3 Å². The van der Waals surface area contributed by atoms with Crippen molar-refractivity contribution >= 4 is 35.8 Å². The molecule has 0 bridgehead atoms. The molecule has 0 saturated heterocycles. The van der Waals surface area contributed by atoms with Crippen LogP contribution in [0.4, 0.5) is 0 Å². The summed E-state index contributed by atoms with van der Waals surface area (Å²) in [5.41, 5.74) is 3.60. The van der Waals surface area contributed by atoms with E-state index in [9.17, 15) is 4.79 Å². The molecule has 3 rings (SSSR count). The number of halogens is 1. The van der Waals surface area contributed by atoms with E-state index in [4.69, 9.17) is 14.5 Å². The average molecular weight is 566 g/mol. The largest absolute Gasteiger partial charge is 0.493 e. The molecule has 33 heavy (non-hydrogen) atoms. The number of nitrogens with zero attached hydrogens (tertiary/aromatic N) is 3. The molecule has 2 aromatic rings. The predicted octanol–water partition coefficient (Wildman–Crippen LogP) is 3.69. The van der Waals surface area contributed by atoms with Gasteiger partial charge in [-0.15, -0.1) is 24.0 Å². The molecular weight excluding hydrogens is 531 g/mol. The van der Waals surface area contributed by atoms with Gasteiger partial charge in [-0.05, 0) is 42.2 Å². The lowest BCUT2D eigenvalue weighted by molar-refractivity contribution is -0.130. The van der Waals surface area contributed by atoms with Gasteiger partial charge >= 0.3 is 0 Å². The van der Waals surface area contributed by atoms with E-state index < -0.39 is 0 Å². The van der Waals surface area contributed by atoms with Gasteiger partial charge in [-0.3, -0.25) is 9.79 Å². The predicted molar refractivity (Wildman–Crippen MR) is 143 cm³/mol. The number of carbonyl (C=O) groups excluding carboxylic acids is 1. The number of benzene rings is 2. The van der Waals surface area contributed by atoms with E-state index >= 15 is 0 Å². The van der Waals surface area contributed by atoms with E-state index in [0.717, 1.165) is 49.1 Å². The molecule has 1 N–H and O–H groups in total. The Morgan fingerprint density at radius 1 is 1.12 bits per heavy atom. The highest BCUT2D eigenvalue weighted by Gasteiger charge is 2.21. The zero-order valence-corrected chi connectivity index (χ0v) is 22.3. The molecule has 8 heteroatoms. The number of ether oxygens (including phenoxy) is 2. The first-order valence-corrected chi connectivity index (χ1v) is 11.1. The summed E-state index contributed by atoms with van der Waals surface area (Å²) in [7, 11) is 5.16. The van der Waals surface area contributed by atoms with Gasteiger partial charge in [0.1, 0.15) is 0 Å². The first-order chi connectivity index (χ1) is 15.5. The number of carbonyl (C=O) groups is 1. The van der Waals surface area contributed by atoms with E-state index in [1.165, 1.54) is 11.1 Å². The van der Waals surface area contributed by atoms with Crippen LogP contribution < -0.4 is 14.8 Å². The highest BCUT2D eigenvalue weighted by Crippen LogP contribution is 2.33. The molecule has 0 aliphatic carbocycles. The fraction of sp³-hybridized carbons (Fsp3) is 0.440. The second-order valence-electron chi connectivity index (χ2n) is 7.87. The molecule has 0 radical (unpaired) electrons. The molecule has 0 saturated carbocycles. The van der Waals surface area contributed by atoms with Gasteiger partial charge in [0.15, 0.2) is 17.5 Å². The van der Waals surface area contributed by atoms with E-state index in [0.29, 0.717) is 19.5 Å². The lowest BCUT2D eigenvalue weighted by atomic mass is 9.99. The van der Waals surface area contributed by atoms with Crippen molar-refractivity contribution in [2.24, 2.45) is 4.99 Å². The summed E-state index contributed by atoms with van der Waals surface area (Å²) in [4.78, 5) is 21.3. The van der Waals surface area contributed by atoms with Crippen LogP contribution >= 0.6 is 24.0 Å². The molecule has 0 fully saturated rings. The maximum absolute atomic E-state index is 12.6. The van der Waals surface area contributed by atoms with Crippen molar-refractivity contribution in [2.75, 3.05) is 40.9 Å². The second kappa shape index (κ2) is 13.3. The van der Waals surface area contributed by atoms with Crippen molar-refractivity contribution in [1.82, 2.24) is 15.1 Å². The molecule has 2 aromatic carbocycles. The fourth-order valence-corrected chi connectivity index (χ4v) is 3.88. The molecule has 0 unspecified atom stereocenters. The summed E-state index contributed by atoms with van der Waals surface area (Å²) in [5, 5.41) is 3.37. The van der Waals surface area contributed by atoms with Crippen molar-refractivity contribution in [1.29, 1.82) is 0 Å². The first-order valence-electron chi connectivity index (χ1n) is 11.1. The van der Waals surface area contributed by atoms with Gasteiger partial charge in [0.2, 0.25) is 5.91 Å². The van der Waals surface area contributed by atoms with Crippen molar-refractivity contribution < 1.29 is 14.3 Å². The topological polar surface area (TPSA) is 66.4 Å². The number of hydrogen-bond acceptors (Lipinski definition) is 4. The van der Waals surface area contributed by atoms with Gasteiger partial charge < -0.3 is 24.6 Å². The maximum Gasteiger partial charge on any atom is 0.224 e. The second-order valence-corrected chi connectivity index (χ2v) is 7.87. The van der Waals surface area contributed by atoms with Crippen LogP contribution in [0.15, 0.2) is 47.5 Å². The number of amides is 1. The molecule has 1 heterocycles. The number of guanidine groups is 1. The summed E-state index contributed by atoms with van der Waals surface area (Å²) < 4.78 is 10.9. The standard InChI is InChI=1S/C25H34N4O3.HI/c1-5-26-25(27-13-11-24(30)28(2)17-19-9-7-6-8-10-19)29-14-12-20-15-22(31-3)23(32-4)16-21(20)18-29;/h6-10,15-16H,5,11-14,17-18H2,1-4H3,(H,26,27);1H. The normalized spacial score (nSPS) is 13.0. The van der Waals surface area contributed by atoms with Crippen molar-refractivity contribution in [3.8, 4) is 11.5 Å². The number of aliphatic imine (C=N–C) groups is 1. The molecule has 1 aliphatic heterocycles. The minimum Gasteiger partial charge on any atom is -0.493 e. The van der Waals surface area contributed by atoms with Crippen LogP contribution in [-0.2, 0) is 24.3 Å². The van der Waals surface area contributed by atoms with Gasteiger partial charge in [-0.2, -0.15) is 0 Å². The first kappa shape index (κ1) is 26.8. The van der Waals surface area contributed by atoms with E-state index in [-0.39, 0.29) is 29.9 Å². The zero-order chi connectivity index (χ0) is 22.9.